The van der Waals surface area contributed by atoms with Crippen molar-refractivity contribution in [2.45, 2.75) is 32.7 Å². The summed E-state index contributed by atoms with van der Waals surface area (Å²) in [4.78, 5) is 19.3. The third-order valence-corrected chi connectivity index (χ3v) is 7.18. The smallest absolute Gasteiger partial charge is 0.283 e. The molecule has 0 atom stereocenters. The van der Waals surface area contributed by atoms with Crippen LogP contribution in [0.5, 0.6) is 5.75 Å². The van der Waals surface area contributed by atoms with Crippen molar-refractivity contribution in [3.8, 4) is 5.75 Å². The van der Waals surface area contributed by atoms with Crippen molar-refractivity contribution in [2.75, 3.05) is 19.7 Å². The van der Waals surface area contributed by atoms with Gasteiger partial charge in [0.15, 0.2) is 11.0 Å². The molecule has 1 fully saturated rings. The second kappa shape index (κ2) is 9.89. The Morgan fingerprint density at radius 3 is 2.74 bits per heavy atom. The van der Waals surface area contributed by atoms with E-state index in [9.17, 15) is 4.79 Å². The Morgan fingerprint density at radius 2 is 1.94 bits per heavy atom. The van der Waals surface area contributed by atoms with E-state index in [0.29, 0.717) is 11.8 Å². The highest BCUT2D eigenvalue weighted by molar-refractivity contribution is 8.26. The van der Waals surface area contributed by atoms with Crippen molar-refractivity contribution < 1.29 is 9.53 Å². The second-order valence-electron chi connectivity index (χ2n) is 8.71. The molecular weight excluding hydrogens is 448 g/mol. The van der Waals surface area contributed by atoms with Gasteiger partial charge in [0.2, 0.25) is 5.17 Å². The molecule has 4 heterocycles. The number of aliphatic imine (C=N–C) groups is 1. The largest absolute Gasteiger partial charge is 0.494 e. The summed E-state index contributed by atoms with van der Waals surface area (Å²) in [5.41, 5.74) is 1.11. The van der Waals surface area contributed by atoms with Gasteiger partial charge in [-0.05, 0) is 67.3 Å². The minimum Gasteiger partial charge on any atom is -0.494 e. The van der Waals surface area contributed by atoms with Crippen molar-refractivity contribution in [1.29, 1.82) is 5.41 Å². The van der Waals surface area contributed by atoms with Crippen molar-refractivity contribution in [2.24, 2.45) is 16.0 Å². The van der Waals surface area contributed by atoms with E-state index in [1.54, 1.807) is 6.08 Å². The van der Waals surface area contributed by atoms with Crippen LogP contribution in [0.2, 0.25) is 0 Å². The summed E-state index contributed by atoms with van der Waals surface area (Å²) in [6.45, 7) is 5.49. The van der Waals surface area contributed by atoms with Crippen molar-refractivity contribution in [3.63, 3.8) is 0 Å². The Hall–Kier alpha value is -3.33. The summed E-state index contributed by atoms with van der Waals surface area (Å²) >= 11 is 1.38. The number of nitrogens with zero attached hydrogens (tertiary/aromatic N) is 5. The standard InChI is InChI=1S/C25H28N6O2S/c1-18-10-14-30(15-11-18)25-28-31-22(26)21(23(32)27-24(31)34-25)17-19-7-5-12-29(19)13-6-16-33-20-8-3-2-4-9-20/h2-5,7-9,12,17-18,26H,6,10-11,13-16H2,1H3/b21-17+,26-22?. The van der Waals surface area contributed by atoms with Gasteiger partial charge in [-0.1, -0.05) is 25.1 Å². The molecule has 5 rings (SSSR count). The van der Waals surface area contributed by atoms with E-state index in [1.165, 1.54) is 16.8 Å². The van der Waals surface area contributed by atoms with Crippen LogP contribution in [0.4, 0.5) is 0 Å². The zero-order valence-corrected chi connectivity index (χ0v) is 20.0. The molecule has 9 heteroatoms. The average Bonchev–Trinajstić information content (AvgIpc) is 3.47. The Morgan fingerprint density at radius 1 is 1.15 bits per heavy atom. The van der Waals surface area contributed by atoms with E-state index in [0.717, 1.165) is 61.4 Å². The molecule has 8 nitrogen and oxygen atoms in total. The number of ether oxygens (including phenoxy) is 1. The maximum Gasteiger partial charge on any atom is 0.283 e. The number of carbonyl (C=O) groups is 1. The number of amides is 1. The highest BCUT2D eigenvalue weighted by atomic mass is 32.2. The summed E-state index contributed by atoms with van der Waals surface area (Å²) in [5.74, 6) is 1.25. The first-order chi connectivity index (χ1) is 16.6. The number of thioether (sulfide) groups is 1. The van der Waals surface area contributed by atoms with Crippen LogP contribution in [0.3, 0.4) is 0 Å². The lowest BCUT2D eigenvalue weighted by atomic mass is 10.00. The number of carbonyl (C=O) groups excluding carboxylic acids is 1. The van der Waals surface area contributed by atoms with Gasteiger partial charge in [-0.15, -0.1) is 5.10 Å². The first-order valence-electron chi connectivity index (χ1n) is 11.7. The summed E-state index contributed by atoms with van der Waals surface area (Å²) in [5, 5.41) is 16.1. The minimum atomic E-state index is -0.396. The van der Waals surface area contributed by atoms with Crippen LogP contribution in [0.15, 0.2) is 64.3 Å². The van der Waals surface area contributed by atoms with Crippen LogP contribution < -0.4 is 4.74 Å². The van der Waals surface area contributed by atoms with Crippen LogP contribution in [0, 0.1) is 11.3 Å². The minimum absolute atomic E-state index is 0.0723. The van der Waals surface area contributed by atoms with Gasteiger partial charge in [0.25, 0.3) is 5.91 Å². The number of likely N-dealkylation sites (tertiary alicyclic amines) is 1. The molecule has 0 saturated carbocycles. The second-order valence-corrected chi connectivity index (χ2v) is 9.65. The number of aryl methyl sites for hydroxylation is 1. The maximum absolute atomic E-state index is 12.8. The molecule has 0 spiro atoms. The number of amidine groups is 3. The lowest BCUT2D eigenvalue weighted by molar-refractivity contribution is -0.114. The van der Waals surface area contributed by atoms with Crippen LogP contribution >= 0.6 is 11.8 Å². The van der Waals surface area contributed by atoms with E-state index in [-0.39, 0.29) is 11.4 Å². The van der Waals surface area contributed by atoms with Crippen molar-refractivity contribution >= 4 is 39.9 Å². The molecule has 1 N–H and O–H groups in total. The predicted molar refractivity (Wildman–Crippen MR) is 136 cm³/mol. The third kappa shape index (κ3) is 4.79. The first-order valence-corrected chi connectivity index (χ1v) is 12.5. The molecule has 0 radical (unpaired) electrons. The molecule has 1 saturated heterocycles. The normalized spacial score (nSPS) is 20.0. The summed E-state index contributed by atoms with van der Waals surface area (Å²) < 4.78 is 7.84. The first kappa shape index (κ1) is 22.5. The van der Waals surface area contributed by atoms with E-state index in [4.69, 9.17) is 10.1 Å². The van der Waals surface area contributed by atoms with Gasteiger partial charge in [-0.2, -0.15) is 10.0 Å². The predicted octanol–water partition coefficient (Wildman–Crippen LogP) is 4.27. The fraction of sp³-hybridized carbons (Fsp3) is 0.360. The molecule has 2 aromatic rings. The van der Waals surface area contributed by atoms with E-state index >= 15 is 0 Å². The molecule has 3 aliphatic heterocycles. The van der Waals surface area contributed by atoms with Gasteiger partial charge in [0.1, 0.15) is 5.75 Å². The average molecular weight is 477 g/mol. The highest BCUT2D eigenvalue weighted by Crippen LogP contribution is 2.31. The number of aromatic nitrogens is 1. The van der Waals surface area contributed by atoms with Gasteiger partial charge < -0.3 is 14.2 Å². The molecule has 34 heavy (non-hydrogen) atoms. The Bertz CT molecular complexity index is 1160. The SMILES string of the molecule is CC1CCN(C2=NN3C(=N)/C(=C\c4cccn4CCCOc4ccccc4)C(=O)N=C3S2)CC1. The van der Waals surface area contributed by atoms with E-state index in [1.807, 2.05) is 48.7 Å². The molecular formula is C25H28N6O2S. The molecule has 1 aromatic carbocycles. The topological polar surface area (TPSA) is 86.3 Å². The Labute approximate surface area is 203 Å². The van der Waals surface area contributed by atoms with Crippen LogP contribution in [-0.4, -0.2) is 56.3 Å². The lowest BCUT2D eigenvalue weighted by Gasteiger charge is -2.30. The van der Waals surface area contributed by atoms with Gasteiger partial charge in [0, 0.05) is 31.5 Å². The van der Waals surface area contributed by atoms with Gasteiger partial charge in [0.05, 0.1) is 12.2 Å². The Kier molecular flexibility index (Phi) is 6.53. The summed E-state index contributed by atoms with van der Waals surface area (Å²) in [6, 6.07) is 13.6. The molecule has 0 bridgehead atoms. The van der Waals surface area contributed by atoms with Gasteiger partial charge in [-0.3, -0.25) is 10.2 Å². The van der Waals surface area contributed by atoms with Crippen LogP contribution in [0.1, 0.15) is 31.9 Å². The van der Waals surface area contributed by atoms with Crippen molar-refractivity contribution in [1.82, 2.24) is 14.5 Å². The molecule has 0 aliphatic carbocycles. The molecule has 1 aromatic heterocycles. The summed E-state index contributed by atoms with van der Waals surface area (Å²) in [6.07, 6.45) is 6.78. The fourth-order valence-corrected chi connectivity index (χ4v) is 5.11. The van der Waals surface area contributed by atoms with E-state index in [2.05, 4.69) is 26.5 Å². The number of rotatable bonds is 6. The lowest BCUT2D eigenvalue weighted by Crippen LogP contribution is -2.36. The zero-order chi connectivity index (χ0) is 23.5. The number of nitrogens with one attached hydrogen (secondary N) is 1. The van der Waals surface area contributed by atoms with Crippen LogP contribution in [0.25, 0.3) is 6.08 Å². The number of piperidine rings is 1. The molecule has 176 valence electrons. The molecule has 1 amide bonds. The van der Waals surface area contributed by atoms with E-state index < -0.39 is 5.91 Å². The fourth-order valence-electron chi connectivity index (χ4n) is 4.16. The number of hydrazone groups is 1. The Balaban J connectivity index is 1.25. The van der Waals surface area contributed by atoms with Crippen LogP contribution in [-0.2, 0) is 11.3 Å². The molecule has 3 aliphatic rings. The number of fused-ring (bicyclic) bond motifs is 1. The quantitative estimate of drug-likeness (QED) is 0.497. The monoisotopic (exact) mass is 476 g/mol. The van der Waals surface area contributed by atoms with Gasteiger partial charge in [-0.25, -0.2) is 0 Å². The number of hydrogen-bond donors (Lipinski definition) is 1. The zero-order valence-electron chi connectivity index (χ0n) is 19.2. The molecule has 0 unspecified atom stereocenters. The number of benzene rings is 1. The summed E-state index contributed by atoms with van der Waals surface area (Å²) in [7, 11) is 0. The maximum atomic E-state index is 12.8. The number of hydrogen-bond acceptors (Lipinski definition) is 6. The van der Waals surface area contributed by atoms with Gasteiger partial charge >= 0.3 is 0 Å². The van der Waals surface area contributed by atoms with Crippen molar-refractivity contribution in [3.05, 3.63) is 59.9 Å². The third-order valence-electron chi connectivity index (χ3n) is 6.21. The highest BCUT2D eigenvalue weighted by Gasteiger charge is 2.37. The number of para-hydroxylation sites is 1.